The first-order valence-corrected chi connectivity index (χ1v) is 8.35. The van der Waals surface area contributed by atoms with Crippen molar-refractivity contribution >= 4 is 17.2 Å². The topological polar surface area (TPSA) is 59.2 Å². The molecule has 0 spiro atoms. The van der Waals surface area contributed by atoms with Crippen molar-refractivity contribution in [3.8, 4) is 10.7 Å². The number of nitrogens with zero attached hydrogens (tertiary/aromatic N) is 3. The van der Waals surface area contributed by atoms with Gasteiger partial charge in [0.1, 0.15) is 5.82 Å². The van der Waals surface area contributed by atoms with E-state index in [2.05, 4.69) is 10.1 Å². The van der Waals surface area contributed by atoms with E-state index in [1.165, 1.54) is 22.3 Å². The minimum absolute atomic E-state index is 0.103. The van der Waals surface area contributed by atoms with E-state index in [1.54, 1.807) is 25.2 Å². The van der Waals surface area contributed by atoms with Crippen molar-refractivity contribution in [1.82, 2.24) is 15.0 Å². The average molecular weight is 345 g/mol. The van der Waals surface area contributed by atoms with Crippen LogP contribution in [0.25, 0.3) is 10.7 Å². The van der Waals surface area contributed by atoms with Crippen LogP contribution in [-0.4, -0.2) is 28.0 Å². The third-order valence-electron chi connectivity index (χ3n) is 3.57. The van der Waals surface area contributed by atoms with Gasteiger partial charge in [0.25, 0.3) is 0 Å². The Balaban J connectivity index is 1.55. The molecule has 3 aromatic rings. The maximum absolute atomic E-state index is 13.6. The third kappa shape index (κ3) is 3.86. The van der Waals surface area contributed by atoms with E-state index < -0.39 is 0 Å². The molecule has 124 valence electrons. The highest BCUT2D eigenvalue weighted by atomic mass is 32.1. The van der Waals surface area contributed by atoms with E-state index in [1.807, 2.05) is 17.5 Å². The number of aryl methyl sites for hydroxylation is 1. The summed E-state index contributed by atoms with van der Waals surface area (Å²) in [5.74, 6) is 0.506. The Kier molecular flexibility index (Phi) is 5.00. The molecule has 0 aliphatic heterocycles. The van der Waals surface area contributed by atoms with E-state index in [4.69, 9.17) is 4.52 Å². The first kappa shape index (κ1) is 16.3. The molecule has 7 heteroatoms. The molecule has 3 rings (SSSR count). The fourth-order valence-corrected chi connectivity index (χ4v) is 2.90. The lowest BCUT2D eigenvalue weighted by Gasteiger charge is -2.14. The summed E-state index contributed by atoms with van der Waals surface area (Å²) in [4.78, 5) is 18.9. The molecule has 0 aliphatic carbocycles. The molecule has 0 aliphatic rings. The molecule has 0 radical (unpaired) electrons. The first-order chi connectivity index (χ1) is 11.6. The lowest BCUT2D eigenvalue weighted by molar-refractivity contribution is -0.130. The second-order valence-electron chi connectivity index (χ2n) is 5.33. The van der Waals surface area contributed by atoms with Gasteiger partial charge in [0.05, 0.1) is 11.4 Å². The van der Waals surface area contributed by atoms with Gasteiger partial charge in [-0.25, -0.2) is 4.39 Å². The molecule has 0 saturated heterocycles. The number of amides is 1. The maximum atomic E-state index is 13.6. The van der Waals surface area contributed by atoms with Crippen LogP contribution in [0.3, 0.4) is 0 Å². The smallest absolute Gasteiger partial charge is 0.246 e. The second kappa shape index (κ2) is 7.35. The summed E-state index contributed by atoms with van der Waals surface area (Å²) >= 11 is 1.52. The number of hydrogen-bond donors (Lipinski definition) is 0. The van der Waals surface area contributed by atoms with Gasteiger partial charge in [-0.3, -0.25) is 4.79 Å². The molecule has 0 unspecified atom stereocenters. The predicted octanol–water partition coefficient (Wildman–Crippen LogP) is 3.53. The lowest BCUT2D eigenvalue weighted by atomic mass is 10.1. The zero-order valence-corrected chi connectivity index (χ0v) is 13.9. The zero-order chi connectivity index (χ0) is 16.9. The van der Waals surface area contributed by atoms with Crippen LogP contribution in [0, 0.1) is 5.82 Å². The molecule has 0 N–H and O–H groups in total. The van der Waals surface area contributed by atoms with E-state index >= 15 is 0 Å². The minimum Gasteiger partial charge on any atom is -0.337 e. The van der Waals surface area contributed by atoms with Crippen molar-refractivity contribution in [3.63, 3.8) is 0 Å². The van der Waals surface area contributed by atoms with Gasteiger partial charge in [-0.1, -0.05) is 29.4 Å². The predicted molar refractivity (Wildman–Crippen MR) is 88.8 cm³/mol. The monoisotopic (exact) mass is 345 g/mol. The van der Waals surface area contributed by atoms with Gasteiger partial charge < -0.3 is 9.42 Å². The Hall–Kier alpha value is -2.54. The Labute approximate surface area is 142 Å². The molecule has 5 nitrogen and oxygen atoms in total. The Morgan fingerprint density at radius 3 is 2.88 bits per heavy atom. The fourth-order valence-electron chi connectivity index (χ4n) is 2.25. The van der Waals surface area contributed by atoms with Gasteiger partial charge >= 0.3 is 0 Å². The molecule has 0 atom stereocenters. The number of hydrogen-bond acceptors (Lipinski definition) is 5. The molecule has 24 heavy (non-hydrogen) atoms. The molecule has 0 saturated carbocycles. The normalized spacial score (nSPS) is 10.8. The molecule has 2 aromatic heterocycles. The fraction of sp³-hybridized carbons (Fsp3) is 0.235. The van der Waals surface area contributed by atoms with Crippen LogP contribution < -0.4 is 0 Å². The van der Waals surface area contributed by atoms with Crippen LogP contribution in [-0.2, 0) is 17.8 Å². The number of benzene rings is 1. The van der Waals surface area contributed by atoms with E-state index in [0.717, 1.165) is 4.88 Å². The van der Waals surface area contributed by atoms with Crippen LogP contribution in [0.4, 0.5) is 4.39 Å². The first-order valence-electron chi connectivity index (χ1n) is 7.47. The number of aromatic nitrogens is 2. The van der Waals surface area contributed by atoms with Gasteiger partial charge in [0.15, 0.2) is 0 Å². The molecule has 2 heterocycles. The van der Waals surface area contributed by atoms with Crippen molar-refractivity contribution in [2.24, 2.45) is 0 Å². The molecule has 0 bridgehead atoms. The summed E-state index contributed by atoms with van der Waals surface area (Å²) in [6.45, 7) is 0.231. The number of carbonyl (C=O) groups is 1. The molecular weight excluding hydrogens is 329 g/mol. The number of carbonyl (C=O) groups excluding carboxylic acids is 1. The highest BCUT2D eigenvalue weighted by Gasteiger charge is 2.15. The van der Waals surface area contributed by atoms with Crippen molar-refractivity contribution in [3.05, 3.63) is 59.0 Å². The molecule has 1 aromatic carbocycles. The Morgan fingerprint density at radius 1 is 1.29 bits per heavy atom. The Bertz CT molecular complexity index is 817. The van der Waals surface area contributed by atoms with Crippen LogP contribution in [0.5, 0.6) is 0 Å². The highest BCUT2D eigenvalue weighted by Crippen LogP contribution is 2.21. The summed E-state index contributed by atoms with van der Waals surface area (Å²) in [5, 5.41) is 5.85. The van der Waals surface area contributed by atoms with Gasteiger partial charge in [-0.2, -0.15) is 4.98 Å². The van der Waals surface area contributed by atoms with E-state index in [-0.39, 0.29) is 24.7 Å². The van der Waals surface area contributed by atoms with Gasteiger partial charge in [0, 0.05) is 13.5 Å². The summed E-state index contributed by atoms with van der Waals surface area (Å²) < 4.78 is 18.8. The van der Waals surface area contributed by atoms with Crippen molar-refractivity contribution in [2.45, 2.75) is 19.4 Å². The van der Waals surface area contributed by atoms with Crippen molar-refractivity contribution < 1.29 is 13.7 Å². The highest BCUT2D eigenvalue weighted by molar-refractivity contribution is 7.13. The SMILES string of the molecule is CN(Cc1nc(-c2cccs2)no1)C(=O)CCc1ccccc1F. The standard InChI is InChI=1S/C17H16FN3O2S/c1-21(16(22)9-8-12-5-2-3-6-13(12)18)11-15-19-17(20-23-15)14-7-4-10-24-14/h2-7,10H,8-9,11H2,1H3. The van der Waals surface area contributed by atoms with Crippen molar-refractivity contribution in [1.29, 1.82) is 0 Å². The van der Waals surface area contributed by atoms with E-state index in [9.17, 15) is 9.18 Å². The number of halogens is 1. The number of thiophene rings is 1. The van der Waals surface area contributed by atoms with Crippen LogP contribution in [0.15, 0.2) is 46.3 Å². The minimum atomic E-state index is -0.287. The van der Waals surface area contributed by atoms with Crippen LogP contribution >= 0.6 is 11.3 Å². The molecule has 0 fully saturated rings. The van der Waals surface area contributed by atoms with Gasteiger partial charge in [-0.15, -0.1) is 11.3 Å². The average Bonchev–Trinajstić information content (AvgIpc) is 3.25. The number of rotatable bonds is 6. The van der Waals surface area contributed by atoms with Crippen LogP contribution in [0.2, 0.25) is 0 Å². The van der Waals surface area contributed by atoms with Crippen LogP contribution in [0.1, 0.15) is 17.9 Å². The van der Waals surface area contributed by atoms with Crippen molar-refractivity contribution in [2.75, 3.05) is 7.05 Å². The largest absolute Gasteiger partial charge is 0.337 e. The van der Waals surface area contributed by atoms with Gasteiger partial charge in [0.2, 0.25) is 17.6 Å². The van der Waals surface area contributed by atoms with E-state index in [0.29, 0.717) is 23.7 Å². The summed E-state index contributed by atoms with van der Waals surface area (Å²) in [7, 11) is 1.67. The summed E-state index contributed by atoms with van der Waals surface area (Å²) in [6, 6.07) is 10.3. The quantitative estimate of drug-likeness (QED) is 0.686. The molecule has 1 amide bonds. The Morgan fingerprint density at radius 2 is 2.12 bits per heavy atom. The summed E-state index contributed by atoms with van der Waals surface area (Å²) in [5.41, 5.74) is 0.539. The van der Waals surface area contributed by atoms with Gasteiger partial charge in [-0.05, 0) is 29.5 Å². The summed E-state index contributed by atoms with van der Waals surface area (Å²) in [6.07, 6.45) is 0.587. The molecular formula is C17H16FN3O2S. The zero-order valence-electron chi connectivity index (χ0n) is 13.1. The third-order valence-corrected chi connectivity index (χ3v) is 4.44. The second-order valence-corrected chi connectivity index (χ2v) is 6.28. The maximum Gasteiger partial charge on any atom is 0.246 e. The lowest BCUT2D eigenvalue weighted by Crippen LogP contribution is -2.26.